The van der Waals surface area contributed by atoms with E-state index in [9.17, 15) is 9.90 Å². The number of amides is 1. The Morgan fingerprint density at radius 3 is 2.57 bits per heavy atom. The molecule has 1 amide bonds. The first-order chi connectivity index (χ1) is 10.7. The first kappa shape index (κ1) is 18.5. The zero-order valence-corrected chi connectivity index (χ0v) is 16.7. The molecule has 23 heavy (non-hydrogen) atoms. The van der Waals surface area contributed by atoms with Crippen molar-refractivity contribution in [1.29, 1.82) is 0 Å². The highest BCUT2D eigenvalue weighted by atomic mass is 79.9. The van der Waals surface area contributed by atoms with E-state index in [4.69, 9.17) is 4.74 Å². The molecule has 5 nitrogen and oxygen atoms in total. The summed E-state index contributed by atoms with van der Waals surface area (Å²) in [6.07, 6.45) is 0.650. The molecular formula is C16H22Br2N2O3. The SMILES string of the molecule is CC(C)(C)OC(=O)N1CCC(NCc2cc(Br)c(O)c(Br)c2)C1. The monoisotopic (exact) mass is 448 g/mol. The van der Waals surface area contributed by atoms with Crippen LogP contribution in [0.25, 0.3) is 0 Å². The van der Waals surface area contributed by atoms with E-state index in [1.165, 1.54) is 0 Å². The van der Waals surface area contributed by atoms with Gasteiger partial charge in [-0.2, -0.15) is 0 Å². The summed E-state index contributed by atoms with van der Waals surface area (Å²) >= 11 is 6.66. The number of nitrogens with one attached hydrogen (secondary N) is 1. The Bertz CT molecular complexity index is 564. The summed E-state index contributed by atoms with van der Waals surface area (Å²) in [7, 11) is 0. The van der Waals surface area contributed by atoms with Gasteiger partial charge in [0.05, 0.1) is 8.95 Å². The molecule has 7 heteroatoms. The number of hydrogen-bond donors (Lipinski definition) is 2. The summed E-state index contributed by atoms with van der Waals surface area (Å²) in [6.45, 7) is 7.64. The molecule has 0 radical (unpaired) electrons. The van der Waals surface area contributed by atoms with Crippen LogP contribution >= 0.6 is 31.9 Å². The van der Waals surface area contributed by atoms with Gasteiger partial charge in [0.2, 0.25) is 0 Å². The van der Waals surface area contributed by atoms with Crippen LogP contribution in [0.5, 0.6) is 5.75 Å². The van der Waals surface area contributed by atoms with Crippen molar-refractivity contribution < 1.29 is 14.6 Å². The molecule has 0 bridgehead atoms. The number of halogens is 2. The van der Waals surface area contributed by atoms with Crippen molar-refractivity contribution in [3.05, 3.63) is 26.6 Å². The average molecular weight is 450 g/mol. The van der Waals surface area contributed by atoms with Crippen molar-refractivity contribution in [2.24, 2.45) is 0 Å². The van der Waals surface area contributed by atoms with E-state index in [2.05, 4.69) is 37.2 Å². The molecule has 0 spiro atoms. The second kappa shape index (κ2) is 7.40. The van der Waals surface area contributed by atoms with E-state index in [1.54, 1.807) is 4.90 Å². The highest BCUT2D eigenvalue weighted by Gasteiger charge is 2.29. The highest BCUT2D eigenvalue weighted by molar-refractivity contribution is 9.11. The van der Waals surface area contributed by atoms with Crippen LogP contribution in [0.2, 0.25) is 0 Å². The standard InChI is InChI=1S/C16H22Br2N2O3/c1-16(2,3)23-15(22)20-5-4-11(9-20)19-8-10-6-12(17)14(21)13(18)7-10/h6-7,11,19,21H,4-5,8-9H2,1-3H3. The summed E-state index contributed by atoms with van der Waals surface area (Å²) in [5.41, 5.74) is 0.588. The maximum atomic E-state index is 12.0. The second-order valence-electron chi connectivity index (χ2n) is 6.70. The number of likely N-dealkylation sites (tertiary alicyclic amines) is 1. The predicted molar refractivity (Wildman–Crippen MR) is 96.6 cm³/mol. The van der Waals surface area contributed by atoms with Crippen LogP contribution in [0, 0.1) is 0 Å². The quantitative estimate of drug-likeness (QED) is 0.731. The Balaban J connectivity index is 1.85. The van der Waals surface area contributed by atoms with Crippen LogP contribution in [-0.2, 0) is 11.3 Å². The minimum absolute atomic E-state index is 0.200. The molecule has 1 aromatic carbocycles. The molecule has 2 N–H and O–H groups in total. The summed E-state index contributed by atoms with van der Waals surface area (Å²) in [4.78, 5) is 13.8. The highest BCUT2D eigenvalue weighted by Crippen LogP contribution is 2.33. The third kappa shape index (κ3) is 5.36. The number of phenols is 1. The number of phenolic OH excluding ortho intramolecular Hbond substituents is 1. The topological polar surface area (TPSA) is 61.8 Å². The summed E-state index contributed by atoms with van der Waals surface area (Å²) in [5, 5.41) is 13.2. The average Bonchev–Trinajstić information content (AvgIpc) is 2.89. The van der Waals surface area contributed by atoms with Gasteiger partial charge in [0.1, 0.15) is 11.4 Å². The van der Waals surface area contributed by atoms with Gasteiger partial charge in [-0.05, 0) is 76.7 Å². The van der Waals surface area contributed by atoms with Crippen LogP contribution in [0.4, 0.5) is 4.79 Å². The number of ether oxygens (including phenoxy) is 1. The Kier molecular flexibility index (Phi) is 5.97. The van der Waals surface area contributed by atoms with Gasteiger partial charge in [-0.1, -0.05) is 0 Å². The maximum absolute atomic E-state index is 12.0. The van der Waals surface area contributed by atoms with Gasteiger partial charge in [-0.3, -0.25) is 0 Å². The molecule has 1 aromatic rings. The van der Waals surface area contributed by atoms with Gasteiger partial charge in [0, 0.05) is 25.7 Å². The first-order valence-electron chi connectivity index (χ1n) is 7.54. The Labute approximate surface area is 153 Å². The van der Waals surface area contributed by atoms with Crippen molar-refractivity contribution in [2.45, 2.75) is 45.4 Å². The zero-order valence-electron chi connectivity index (χ0n) is 13.5. The van der Waals surface area contributed by atoms with Crippen molar-refractivity contribution >= 4 is 38.0 Å². The fourth-order valence-electron chi connectivity index (χ4n) is 2.40. The van der Waals surface area contributed by atoms with E-state index in [0.717, 1.165) is 12.0 Å². The lowest BCUT2D eigenvalue weighted by Gasteiger charge is -2.24. The fourth-order valence-corrected chi connectivity index (χ4v) is 3.68. The Morgan fingerprint density at radius 1 is 1.39 bits per heavy atom. The normalized spacial score (nSPS) is 18.3. The molecule has 0 saturated carbocycles. The molecule has 0 aromatic heterocycles. The van der Waals surface area contributed by atoms with Crippen molar-refractivity contribution in [3.8, 4) is 5.75 Å². The molecule has 2 rings (SSSR count). The van der Waals surface area contributed by atoms with Crippen LogP contribution in [-0.4, -0.2) is 40.8 Å². The molecular weight excluding hydrogens is 428 g/mol. The molecule has 1 aliphatic heterocycles. The van der Waals surface area contributed by atoms with Crippen LogP contribution in [0.3, 0.4) is 0 Å². The number of aromatic hydroxyl groups is 1. The van der Waals surface area contributed by atoms with E-state index in [1.807, 2.05) is 32.9 Å². The lowest BCUT2D eigenvalue weighted by Crippen LogP contribution is -2.38. The molecule has 0 aliphatic carbocycles. The molecule has 1 atom stereocenters. The summed E-state index contributed by atoms with van der Waals surface area (Å²) < 4.78 is 6.71. The molecule has 1 aliphatic rings. The van der Waals surface area contributed by atoms with Crippen molar-refractivity contribution in [3.63, 3.8) is 0 Å². The molecule has 128 valence electrons. The van der Waals surface area contributed by atoms with Gasteiger partial charge in [0.25, 0.3) is 0 Å². The van der Waals surface area contributed by atoms with Gasteiger partial charge >= 0.3 is 6.09 Å². The summed E-state index contributed by atoms with van der Waals surface area (Å²) in [5.74, 6) is 0.200. The van der Waals surface area contributed by atoms with Gasteiger partial charge in [0.15, 0.2) is 0 Å². The second-order valence-corrected chi connectivity index (χ2v) is 8.41. The third-order valence-electron chi connectivity index (χ3n) is 3.51. The Morgan fingerprint density at radius 2 is 2.00 bits per heavy atom. The molecule has 1 fully saturated rings. The minimum atomic E-state index is -0.465. The number of carbonyl (C=O) groups is 1. The van der Waals surface area contributed by atoms with Crippen molar-refractivity contribution in [2.75, 3.05) is 13.1 Å². The Hall–Kier alpha value is -0.790. The predicted octanol–water partition coefficient (Wildman–Crippen LogP) is 4.02. The van der Waals surface area contributed by atoms with Crippen molar-refractivity contribution in [1.82, 2.24) is 10.2 Å². The number of rotatable bonds is 3. The molecule has 1 unspecified atom stereocenters. The number of carbonyl (C=O) groups excluding carboxylic acids is 1. The van der Waals surface area contributed by atoms with Gasteiger partial charge in [-0.25, -0.2) is 4.79 Å². The smallest absolute Gasteiger partial charge is 0.410 e. The third-order valence-corrected chi connectivity index (χ3v) is 4.72. The fraction of sp³-hybridized carbons (Fsp3) is 0.562. The van der Waals surface area contributed by atoms with E-state index in [0.29, 0.717) is 28.6 Å². The largest absolute Gasteiger partial charge is 0.506 e. The molecule has 1 saturated heterocycles. The van der Waals surface area contributed by atoms with E-state index in [-0.39, 0.29) is 17.9 Å². The number of benzene rings is 1. The van der Waals surface area contributed by atoms with E-state index >= 15 is 0 Å². The van der Waals surface area contributed by atoms with Crippen LogP contribution in [0.1, 0.15) is 32.8 Å². The zero-order chi connectivity index (χ0) is 17.2. The van der Waals surface area contributed by atoms with E-state index < -0.39 is 5.60 Å². The van der Waals surface area contributed by atoms with Gasteiger partial charge in [-0.15, -0.1) is 0 Å². The maximum Gasteiger partial charge on any atom is 0.410 e. The van der Waals surface area contributed by atoms with Crippen LogP contribution in [0.15, 0.2) is 21.1 Å². The van der Waals surface area contributed by atoms with Crippen LogP contribution < -0.4 is 5.32 Å². The first-order valence-corrected chi connectivity index (χ1v) is 9.12. The minimum Gasteiger partial charge on any atom is -0.506 e. The van der Waals surface area contributed by atoms with Gasteiger partial charge < -0.3 is 20.1 Å². The summed E-state index contributed by atoms with van der Waals surface area (Å²) in [6, 6.07) is 4.01. The number of nitrogens with zero attached hydrogens (tertiary/aromatic N) is 1. The number of hydrogen-bond acceptors (Lipinski definition) is 4. The lowest BCUT2D eigenvalue weighted by molar-refractivity contribution is 0.0291. The molecule has 1 heterocycles. The lowest BCUT2D eigenvalue weighted by atomic mass is 10.2.